The molecule has 2 aromatic carbocycles. The first-order valence-corrected chi connectivity index (χ1v) is 9.64. The quantitative estimate of drug-likeness (QED) is 0.258. The van der Waals surface area contributed by atoms with Gasteiger partial charge < -0.3 is 14.2 Å². The Morgan fingerprint density at radius 3 is 2.47 bits per heavy atom. The highest BCUT2D eigenvalue weighted by Gasteiger charge is 2.26. The van der Waals surface area contributed by atoms with Gasteiger partial charge in [-0.1, -0.05) is 12.1 Å². The molecule has 0 unspecified atom stereocenters. The Kier molecular flexibility index (Phi) is 7.18. The lowest BCUT2D eigenvalue weighted by molar-refractivity contribution is -0.385. The predicted octanol–water partition coefficient (Wildman–Crippen LogP) is 3.52. The molecule has 14 heteroatoms. The Balaban J connectivity index is 2.05. The number of nitro groups is 1. The molecule has 0 aliphatic carbocycles. The van der Waals surface area contributed by atoms with Crippen LogP contribution in [-0.2, 0) is 9.53 Å². The average Bonchev–Trinajstić information content (AvgIpc) is 3.07. The summed E-state index contributed by atoms with van der Waals surface area (Å²) in [7, 11) is 0. The van der Waals surface area contributed by atoms with Crippen molar-refractivity contribution in [3.63, 3.8) is 0 Å². The summed E-state index contributed by atoms with van der Waals surface area (Å²) in [6.45, 7) is -0.865. The van der Waals surface area contributed by atoms with Crippen LogP contribution in [0.25, 0.3) is 5.69 Å². The second kappa shape index (κ2) is 10.1. The number of alkyl halides is 2. The molecule has 3 aromatic rings. The molecule has 1 heterocycles. The van der Waals surface area contributed by atoms with E-state index in [0.29, 0.717) is 10.7 Å². The summed E-state index contributed by atoms with van der Waals surface area (Å²) in [5.74, 6) is -2.97. The number of hydrogen-bond donors (Lipinski definition) is 0. The zero-order chi connectivity index (χ0) is 25.0. The Morgan fingerprint density at radius 1 is 1.21 bits per heavy atom. The van der Waals surface area contributed by atoms with Gasteiger partial charge in [0.1, 0.15) is 11.5 Å². The van der Waals surface area contributed by atoms with Gasteiger partial charge in [0.2, 0.25) is 5.75 Å². The summed E-state index contributed by atoms with van der Waals surface area (Å²) in [6.07, 6.45) is 0. The van der Waals surface area contributed by atoms with Crippen molar-refractivity contribution in [3.05, 3.63) is 68.6 Å². The molecule has 180 valence electrons. The third-order valence-corrected chi connectivity index (χ3v) is 4.35. The minimum absolute atomic E-state index is 0.00529. The van der Waals surface area contributed by atoms with E-state index in [0.717, 1.165) is 13.0 Å². The van der Waals surface area contributed by atoms with E-state index in [4.69, 9.17) is 14.2 Å². The van der Waals surface area contributed by atoms with Crippen LogP contribution in [0.15, 0.2) is 41.2 Å². The van der Waals surface area contributed by atoms with Crippen molar-refractivity contribution in [1.29, 1.82) is 0 Å². The van der Waals surface area contributed by atoms with Crippen LogP contribution >= 0.6 is 0 Å². The van der Waals surface area contributed by atoms with E-state index >= 15 is 0 Å². The molecule has 1 aromatic heterocycles. The standard InChI is InChI=1S/C20H17F3N4O7/c1-3-32-18(28)10-33-15-6-4-5-7-16(15)34-17-9-13(12(21)8-14(17)27(30)31)26-20(29)25(19(22)23)11(2)24-26/h4-9,19H,3,10H2,1-2H3. The highest BCUT2D eigenvalue weighted by molar-refractivity contribution is 5.71. The zero-order valence-electron chi connectivity index (χ0n) is 17.7. The van der Waals surface area contributed by atoms with Crippen LogP contribution in [0, 0.1) is 22.9 Å². The third kappa shape index (κ3) is 5.00. The summed E-state index contributed by atoms with van der Waals surface area (Å²) in [5, 5.41) is 15.1. The van der Waals surface area contributed by atoms with Crippen molar-refractivity contribution in [2.24, 2.45) is 0 Å². The molecule has 0 aliphatic heterocycles. The zero-order valence-corrected chi connectivity index (χ0v) is 17.7. The molecule has 11 nitrogen and oxygen atoms in total. The van der Waals surface area contributed by atoms with Gasteiger partial charge in [-0.05, 0) is 26.0 Å². The highest BCUT2D eigenvalue weighted by atomic mass is 19.3. The van der Waals surface area contributed by atoms with Gasteiger partial charge in [0.25, 0.3) is 0 Å². The van der Waals surface area contributed by atoms with E-state index in [1.807, 2.05) is 0 Å². The SMILES string of the molecule is CCOC(=O)COc1ccccc1Oc1cc(-n2nc(C)n(C(F)F)c2=O)c(F)cc1[N+](=O)[O-]. The minimum Gasteiger partial charge on any atom is -0.478 e. The minimum atomic E-state index is -3.23. The molecule has 0 amide bonds. The lowest BCUT2D eigenvalue weighted by atomic mass is 10.2. The maximum Gasteiger partial charge on any atom is 0.355 e. The predicted molar refractivity (Wildman–Crippen MR) is 109 cm³/mol. The van der Waals surface area contributed by atoms with Crippen molar-refractivity contribution in [1.82, 2.24) is 14.3 Å². The molecule has 3 rings (SSSR count). The lowest BCUT2D eigenvalue weighted by Crippen LogP contribution is -2.25. The van der Waals surface area contributed by atoms with E-state index in [9.17, 15) is 32.9 Å². The molecule has 0 saturated carbocycles. The molecular formula is C20H17F3N4O7. The molecular weight excluding hydrogens is 465 g/mol. The molecule has 0 fully saturated rings. The van der Waals surface area contributed by atoms with E-state index in [1.165, 1.54) is 24.3 Å². The number of aromatic nitrogens is 3. The average molecular weight is 482 g/mol. The van der Waals surface area contributed by atoms with Crippen LogP contribution in [0.2, 0.25) is 0 Å². The largest absolute Gasteiger partial charge is 0.478 e. The van der Waals surface area contributed by atoms with E-state index < -0.39 is 58.5 Å². The van der Waals surface area contributed by atoms with E-state index in [-0.39, 0.29) is 22.7 Å². The van der Waals surface area contributed by atoms with Gasteiger partial charge in [0.05, 0.1) is 17.6 Å². The summed E-state index contributed by atoms with van der Waals surface area (Å²) >= 11 is 0. The number of carbonyl (C=O) groups is 1. The fraction of sp³-hybridized carbons (Fsp3) is 0.250. The summed E-state index contributed by atoms with van der Waals surface area (Å²) in [6, 6.07) is 7.05. The van der Waals surface area contributed by atoms with Gasteiger partial charge in [0.15, 0.2) is 23.9 Å². The normalized spacial score (nSPS) is 10.9. The lowest BCUT2D eigenvalue weighted by Gasteiger charge is -2.13. The van der Waals surface area contributed by atoms with Crippen molar-refractivity contribution < 1.29 is 37.1 Å². The number of nitro benzene ring substituents is 1. The molecule has 0 aliphatic rings. The van der Waals surface area contributed by atoms with Gasteiger partial charge in [-0.25, -0.2) is 18.5 Å². The van der Waals surface area contributed by atoms with Crippen LogP contribution in [0.1, 0.15) is 19.3 Å². The van der Waals surface area contributed by atoms with E-state index in [2.05, 4.69) is 5.10 Å². The van der Waals surface area contributed by atoms with Crippen LogP contribution in [0.4, 0.5) is 18.9 Å². The van der Waals surface area contributed by atoms with Gasteiger partial charge in [0, 0.05) is 6.07 Å². The molecule has 0 radical (unpaired) electrons. The topological polar surface area (TPSA) is 128 Å². The van der Waals surface area contributed by atoms with Crippen LogP contribution in [0.3, 0.4) is 0 Å². The maximum atomic E-state index is 14.7. The monoisotopic (exact) mass is 482 g/mol. The summed E-state index contributed by atoms with van der Waals surface area (Å²) in [4.78, 5) is 34.4. The van der Waals surface area contributed by atoms with Crippen LogP contribution < -0.4 is 15.2 Å². The first-order valence-electron chi connectivity index (χ1n) is 9.64. The number of aryl methyl sites for hydroxylation is 1. The number of halogens is 3. The number of hydrogen-bond acceptors (Lipinski definition) is 8. The van der Waals surface area contributed by atoms with Gasteiger partial charge >= 0.3 is 23.9 Å². The maximum absolute atomic E-state index is 14.7. The highest BCUT2D eigenvalue weighted by Crippen LogP contribution is 2.38. The Labute approximate surface area is 189 Å². The summed E-state index contributed by atoms with van der Waals surface area (Å²) in [5.41, 5.74) is -2.83. The van der Waals surface area contributed by atoms with Crippen LogP contribution in [-0.4, -0.2) is 38.5 Å². The number of para-hydroxylation sites is 2. The first-order chi connectivity index (χ1) is 16.1. The first kappa shape index (κ1) is 24.3. The van der Waals surface area contributed by atoms with Crippen molar-refractivity contribution in [3.8, 4) is 22.9 Å². The van der Waals surface area contributed by atoms with E-state index in [1.54, 1.807) is 6.92 Å². The van der Waals surface area contributed by atoms with Crippen molar-refractivity contribution in [2.45, 2.75) is 20.4 Å². The third-order valence-electron chi connectivity index (χ3n) is 4.35. The van der Waals surface area contributed by atoms with Gasteiger partial charge in [-0.15, -0.1) is 5.10 Å². The fourth-order valence-corrected chi connectivity index (χ4v) is 2.89. The molecule has 0 atom stereocenters. The van der Waals surface area contributed by atoms with Crippen molar-refractivity contribution >= 4 is 11.7 Å². The second-order valence-electron chi connectivity index (χ2n) is 6.56. The molecule has 0 saturated heterocycles. The number of benzene rings is 2. The number of esters is 1. The smallest absolute Gasteiger partial charge is 0.355 e. The molecule has 0 spiro atoms. The Hall–Kier alpha value is -4.36. The van der Waals surface area contributed by atoms with Gasteiger partial charge in [-0.3, -0.25) is 10.1 Å². The molecule has 0 bridgehead atoms. The number of nitrogens with zero attached hydrogens (tertiary/aromatic N) is 4. The second-order valence-corrected chi connectivity index (χ2v) is 6.56. The van der Waals surface area contributed by atoms with Crippen molar-refractivity contribution in [2.75, 3.05) is 13.2 Å². The van der Waals surface area contributed by atoms with Crippen LogP contribution in [0.5, 0.6) is 17.2 Å². The molecule has 34 heavy (non-hydrogen) atoms. The Bertz CT molecular complexity index is 1290. The summed E-state index contributed by atoms with van der Waals surface area (Å²) < 4.78 is 56.9. The number of carbonyl (C=O) groups excluding carboxylic acids is 1. The fourth-order valence-electron chi connectivity index (χ4n) is 2.89. The van der Waals surface area contributed by atoms with Gasteiger partial charge in [-0.2, -0.15) is 13.5 Å². The number of rotatable bonds is 9. The number of ether oxygens (including phenoxy) is 3. The Morgan fingerprint density at radius 2 is 1.88 bits per heavy atom. The molecule has 0 N–H and O–H groups in total.